The molecule has 5 atom stereocenters. The number of halogens is 4. The summed E-state index contributed by atoms with van der Waals surface area (Å²) in [4.78, 5) is 65.6. The summed E-state index contributed by atoms with van der Waals surface area (Å²) in [6.07, 6.45) is 8.39. The van der Waals surface area contributed by atoms with Gasteiger partial charge in [-0.15, -0.1) is 0 Å². The Morgan fingerprint density at radius 3 is 0.979 bits per heavy atom. The maximum atomic E-state index is 13.4. The summed E-state index contributed by atoms with van der Waals surface area (Å²) >= 11 is 25.2. The topological polar surface area (TPSA) is 266 Å². The number of nitrogens with two attached hydrogens (primary N) is 1. The average molecular weight is 1970 g/mol. The summed E-state index contributed by atoms with van der Waals surface area (Å²) < 4.78 is 33.2. The number of nitriles is 1. The fourth-order valence-corrected chi connectivity index (χ4v) is 16.9. The molecule has 2 heterocycles. The third kappa shape index (κ3) is 38.8. The lowest BCUT2D eigenvalue weighted by Crippen LogP contribution is -2.47. The number of carbonyl (C=O) groups is 5. The van der Waals surface area contributed by atoms with Gasteiger partial charge >= 0.3 is 0 Å². The zero-order chi connectivity index (χ0) is 101. The van der Waals surface area contributed by atoms with E-state index < -0.39 is 0 Å². The Kier molecular flexibility index (Phi) is 49.1. The minimum Gasteiger partial charge on any atom is -0.489 e. The van der Waals surface area contributed by atoms with Gasteiger partial charge in [-0.2, -0.15) is 5.26 Å². The van der Waals surface area contributed by atoms with Crippen LogP contribution in [0.5, 0.6) is 23.0 Å². The fourth-order valence-electron chi connectivity index (χ4n) is 16.0. The molecule has 140 heavy (non-hydrogen) atoms. The molecule has 0 spiro atoms. The second-order valence-electron chi connectivity index (χ2n) is 35.7. The molecule has 0 saturated carbocycles. The molecule has 6 N–H and O–H groups in total. The van der Waals surface area contributed by atoms with Crippen LogP contribution in [0.1, 0.15) is 164 Å². The van der Waals surface area contributed by atoms with Crippen LogP contribution in [0.25, 0.3) is 44.5 Å². The maximum Gasteiger partial charge on any atom is 0.163 e. The van der Waals surface area contributed by atoms with E-state index in [2.05, 4.69) is 138 Å². The first-order valence-electron chi connectivity index (χ1n) is 48.3. The van der Waals surface area contributed by atoms with Gasteiger partial charge in [0, 0.05) is 99.9 Å². The molecule has 2 saturated heterocycles. The van der Waals surface area contributed by atoms with E-state index in [1.54, 1.807) is 72.8 Å². The van der Waals surface area contributed by atoms with Crippen molar-refractivity contribution in [2.45, 2.75) is 156 Å². The molecule has 1 unspecified atom stereocenters. The standard InChI is InChI=1S/C31H33ClN2O3.C28H32ClNO3.C26H27ClO3.C26H25ClO3.C5H10O.C2H7NO/c1-22(2)37-31-13-12-26(19-28(31)32)30(35)20-27(29(21-33)34-14-16-36-17-15-34)18-23-8-10-25(11-9-23)24-6-4-3-5-7-24;1-20(2)33-28-13-12-25(18-26(28)29)27(32)17-22(19-30-14-15-31)16-21-8-10-24(11-9-21)23-6-4-3-5-7-23;2*1-18(2)30-26-13-12-23(16-24(26)27)25(29)15-20(17-28)14-19-8-10-22(11-9-19)21-6-4-3-5-7-21;1-2-4-6-5-3-1;3-1-2-4/h3-13,19,22,27,29H,14-18,20H2,1-2H3;3-13,18,20,22,30-31H,14-17,19H2,1-2H3;3-13,16,18,20,28H,14-15,17H2,1-2H3;3-13,16-18,20H,14-15H2,1-2H3;1-5H2;4H,1-3H2/t27-,29?;22-;2*20-;;/m1111../s1. The lowest BCUT2D eigenvalue weighted by molar-refractivity contribution is -0.111. The molecular formula is C118H134Cl4N4O14. The van der Waals surface area contributed by atoms with Gasteiger partial charge in [-0.25, -0.2) is 0 Å². The number of hydrogen-bond acceptors (Lipinski definition) is 18. The van der Waals surface area contributed by atoms with Crippen molar-refractivity contribution < 1.29 is 67.7 Å². The van der Waals surface area contributed by atoms with Crippen molar-refractivity contribution in [3.63, 3.8) is 0 Å². The third-order valence-corrected chi connectivity index (χ3v) is 24.2. The molecular weight excluding hydrogens is 1840 g/mol. The molecule has 14 rings (SSSR count). The molecule has 0 aliphatic carbocycles. The summed E-state index contributed by atoms with van der Waals surface area (Å²) in [5.74, 6) is 1.53. The number of aldehydes is 1. The molecule has 22 heteroatoms. The zero-order valence-electron chi connectivity index (χ0n) is 81.6. The van der Waals surface area contributed by atoms with Crippen molar-refractivity contribution in [1.29, 1.82) is 5.26 Å². The number of hydrogen-bond donors (Lipinski definition) is 5. The van der Waals surface area contributed by atoms with E-state index in [0.29, 0.717) is 137 Å². The maximum absolute atomic E-state index is 13.4. The van der Waals surface area contributed by atoms with Crippen LogP contribution in [0, 0.1) is 35.0 Å². The summed E-state index contributed by atoms with van der Waals surface area (Å²) in [7, 11) is 0. The molecule has 0 bridgehead atoms. The van der Waals surface area contributed by atoms with Crippen LogP contribution in [-0.2, 0) is 40.0 Å². The number of nitrogens with zero attached hydrogens (tertiary/aromatic N) is 2. The summed E-state index contributed by atoms with van der Waals surface area (Å²) in [6, 6.07) is 96.7. The van der Waals surface area contributed by atoms with Crippen molar-refractivity contribution in [2.24, 2.45) is 29.4 Å². The van der Waals surface area contributed by atoms with Gasteiger partial charge in [0.15, 0.2) is 23.1 Å². The summed E-state index contributed by atoms with van der Waals surface area (Å²) in [5, 5.41) is 41.8. The van der Waals surface area contributed by atoms with Gasteiger partial charge in [0.25, 0.3) is 0 Å². The molecule has 18 nitrogen and oxygen atoms in total. The number of aliphatic hydroxyl groups excluding tert-OH is 3. The molecule has 2 aliphatic heterocycles. The van der Waals surface area contributed by atoms with Crippen LogP contribution in [0.4, 0.5) is 0 Å². The predicted molar refractivity (Wildman–Crippen MR) is 567 cm³/mol. The average Bonchev–Trinajstić information content (AvgIpc) is 0.818. The van der Waals surface area contributed by atoms with Gasteiger partial charge in [0.05, 0.1) is 77.0 Å². The highest BCUT2D eigenvalue weighted by atomic mass is 35.5. The van der Waals surface area contributed by atoms with Gasteiger partial charge < -0.3 is 59.6 Å². The van der Waals surface area contributed by atoms with Crippen LogP contribution in [0.2, 0.25) is 20.1 Å². The zero-order valence-corrected chi connectivity index (χ0v) is 84.6. The number of ether oxygens (including phenoxy) is 6. The highest BCUT2D eigenvalue weighted by molar-refractivity contribution is 6.33. The SMILES string of the molecule is C1CCOCC1.CC(C)Oc1ccc(C(=O)C[C@@H](Cc2ccc(-c3ccccc3)cc2)C(C#N)N2CCOCC2)cc1Cl.CC(C)Oc1ccc(C(=O)C[C@H](C=O)Cc2ccc(-c3ccccc3)cc2)cc1Cl.CC(C)Oc1ccc(C(=O)C[C@H](CNCCO)Cc2ccc(-c3ccccc3)cc2)cc1Cl.CC(C)Oc1ccc(C(=O)C[C@H](CO)Cc2ccc(-c3ccccc3)cc2)cc1Cl.NCCO. The minimum atomic E-state index is -0.388. The van der Waals surface area contributed by atoms with Crippen LogP contribution in [-0.4, -0.2) is 159 Å². The van der Waals surface area contributed by atoms with E-state index in [1.807, 2.05) is 152 Å². The number of rotatable bonds is 41. The first-order chi connectivity index (χ1) is 67.7. The Bertz CT molecular complexity index is 5730. The quantitative estimate of drug-likeness (QED) is 0.0135. The lowest BCUT2D eigenvalue weighted by Gasteiger charge is -2.35. The van der Waals surface area contributed by atoms with Crippen LogP contribution >= 0.6 is 46.4 Å². The second-order valence-corrected chi connectivity index (χ2v) is 37.4. The smallest absolute Gasteiger partial charge is 0.163 e. The van der Waals surface area contributed by atoms with Gasteiger partial charge in [-0.05, 0) is 264 Å². The molecule has 0 amide bonds. The van der Waals surface area contributed by atoms with Crippen molar-refractivity contribution in [3.05, 3.63) is 356 Å². The van der Waals surface area contributed by atoms with Crippen molar-refractivity contribution in [3.8, 4) is 73.6 Å². The van der Waals surface area contributed by atoms with Crippen molar-refractivity contribution >= 4 is 75.8 Å². The van der Waals surface area contributed by atoms with Crippen molar-refractivity contribution in [1.82, 2.24) is 10.2 Å². The van der Waals surface area contributed by atoms with E-state index in [-0.39, 0.29) is 116 Å². The van der Waals surface area contributed by atoms with E-state index in [0.717, 1.165) is 70.4 Å². The molecule has 2 fully saturated rings. The Balaban J connectivity index is 0.000000202. The Hall–Kier alpha value is -11.5. The fraction of sp³-hybridized carbons (Fsp3) is 0.339. The van der Waals surface area contributed by atoms with Gasteiger partial charge in [-0.1, -0.05) is 265 Å². The number of ketones is 4. The first kappa shape index (κ1) is 112. The van der Waals surface area contributed by atoms with Gasteiger partial charge in [-0.3, -0.25) is 24.1 Å². The van der Waals surface area contributed by atoms with Crippen LogP contribution < -0.4 is 30.0 Å². The molecule has 12 aromatic rings. The predicted octanol–water partition coefficient (Wildman–Crippen LogP) is 25.0. The van der Waals surface area contributed by atoms with E-state index >= 15 is 0 Å². The molecule has 738 valence electrons. The second kappa shape index (κ2) is 61.3. The number of aliphatic hydroxyl groups is 3. The molecule has 2 aliphatic rings. The Morgan fingerprint density at radius 2 is 0.693 bits per heavy atom. The Morgan fingerprint density at radius 1 is 0.393 bits per heavy atom. The Labute approximate surface area is 847 Å². The highest BCUT2D eigenvalue weighted by Gasteiger charge is 2.32. The van der Waals surface area contributed by atoms with Crippen LogP contribution in [0.3, 0.4) is 0 Å². The monoisotopic (exact) mass is 1970 g/mol. The summed E-state index contributed by atoms with van der Waals surface area (Å²) in [6.45, 7) is 21.6. The van der Waals surface area contributed by atoms with Gasteiger partial charge in [0.1, 0.15) is 35.3 Å². The third-order valence-electron chi connectivity index (χ3n) is 23.0. The number of carbonyl (C=O) groups excluding carboxylic acids is 5. The number of benzene rings is 12. The number of nitrogens with one attached hydrogen (secondary N) is 1. The molecule has 0 aromatic heterocycles. The largest absolute Gasteiger partial charge is 0.489 e. The van der Waals surface area contributed by atoms with Crippen molar-refractivity contribution in [2.75, 3.05) is 79.0 Å². The van der Waals surface area contributed by atoms with E-state index in [4.69, 9.17) is 90.8 Å². The molecule has 0 radical (unpaired) electrons. The van der Waals surface area contributed by atoms with Crippen LogP contribution in [0.15, 0.2) is 291 Å². The first-order valence-corrected chi connectivity index (χ1v) is 49.8. The highest BCUT2D eigenvalue weighted by Crippen LogP contribution is 2.36. The van der Waals surface area contributed by atoms with E-state index in [9.17, 15) is 34.3 Å². The summed E-state index contributed by atoms with van der Waals surface area (Å²) in [5.41, 5.74) is 20.6. The number of Topliss-reactive ketones (excluding diaryl/α,β-unsaturated/α-hetero) is 4. The minimum absolute atomic E-state index is 0.00299. The normalized spacial score (nSPS) is 13.3. The van der Waals surface area contributed by atoms with E-state index in [1.165, 1.54) is 41.5 Å². The lowest BCUT2D eigenvalue weighted by atomic mass is 9.85. The number of morpholine rings is 1. The molecule has 12 aromatic carbocycles. The van der Waals surface area contributed by atoms with Gasteiger partial charge in [0.2, 0.25) is 0 Å².